The Morgan fingerprint density at radius 2 is 2.13 bits per heavy atom. The van der Waals surface area contributed by atoms with E-state index in [4.69, 9.17) is 0 Å². The van der Waals surface area contributed by atoms with Crippen LogP contribution in [-0.2, 0) is 0 Å². The minimum atomic E-state index is 0.722. The van der Waals surface area contributed by atoms with E-state index in [-0.39, 0.29) is 0 Å². The fourth-order valence-corrected chi connectivity index (χ4v) is 2.63. The predicted octanol–water partition coefficient (Wildman–Crippen LogP) is 2.11. The maximum atomic E-state index is 3.73. The van der Waals surface area contributed by atoms with Crippen LogP contribution < -0.4 is 5.32 Å². The fourth-order valence-electron chi connectivity index (χ4n) is 2.63. The van der Waals surface area contributed by atoms with E-state index in [1.54, 1.807) is 0 Å². The highest BCUT2D eigenvalue weighted by molar-refractivity contribution is 4.83. The van der Waals surface area contributed by atoms with Gasteiger partial charge in [0.2, 0.25) is 0 Å². The molecule has 1 heterocycles. The van der Waals surface area contributed by atoms with Crippen LogP contribution in [0.1, 0.15) is 39.5 Å². The zero-order valence-corrected chi connectivity index (χ0v) is 10.3. The van der Waals surface area contributed by atoms with E-state index in [0.717, 1.165) is 17.9 Å². The molecule has 2 aliphatic rings. The fraction of sp³-hybridized carbons (Fsp3) is 1.00. The van der Waals surface area contributed by atoms with Gasteiger partial charge in [-0.1, -0.05) is 6.92 Å². The first-order valence-electron chi connectivity index (χ1n) is 6.75. The minimum absolute atomic E-state index is 0.722. The molecular formula is C13H26N2. The van der Waals surface area contributed by atoms with Gasteiger partial charge in [-0.3, -0.25) is 0 Å². The molecule has 1 aliphatic carbocycles. The van der Waals surface area contributed by atoms with Crippen LogP contribution in [0, 0.1) is 11.8 Å². The highest BCUT2D eigenvalue weighted by Crippen LogP contribution is 2.28. The van der Waals surface area contributed by atoms with E-state index in [1.165, 1.54) is 51.9 Å². The van der Waals surface area contributed by atoms with Crippen LogP contribution in [0.25, 0.3) is 0 Å². The second-order valence-electron chi connectivity index (χ2n) is 5.44. The van der Waals surface area contributed by atoms with Gasteiger partial charge in [0, 0.05) is 12.6 Å². The molecule has 1 saturated heterocycles. The average molecular weight is 210 g/mol. The number of rotatable bonds is 5. The molecule has 0 aromatic carbocycles. The molecule has 0 bridgehead atoms. The van der Waals surface area contributed by atoms with E-state index < -0.39 is 0 Å². The summed E-state index contributed by atoms with van der Waals surface area (Å²) in [5.74, 6) is 1.90. The lowest BCUT2D eigenvalue weighted by molar-refractivity contribution is 0.157. The van der Waals surface area contributed by atoms with Gasteiger partial charge in [-0.2, -0.15) is 0 Å². The third kappa shape index (κ3) is 3.46. The van der Waals surface area contributed by atoms with Gasteiger partial charge in [0.15, 0.2) is 0 Å². The number of hydrogen-bond donors (Lipinski definition) is 1. The number of hydrogen-bond acceptors (Lipinski definition) is 2. The zero-order valence-electron chi connectivity index (χ0n) is 10.3. The Bertz CT molecular complexity index is 189. The Hall–Kier alpha value is -0.0800. The van der Waals surface area contributed by atoms with Gasteiger partial charge in [-0.15, -0.1) is 0 Å². The van der Waals surface area contributed by atoms with Crippen molar-refractivity contribution < 1.29 is 0 Å². The molecule has 2 atom stereocenters. The van der Waals surface area contributed by atoms with Crippen molar-refractivity contribution in [3.63, 3.8) is 0 Å². The Morgan fingerprint density at radius 1 is 1.33 bits per heavy atom. The monoisotopic (exact) mass is 210 g/mol. The molecule has 2 heteroatoms. The maximum absolute atomic E-state index is 3.73. The van der Waals surface area contributed by atoms with E-state index >= 15 is 0 Å². The highest BCUT2D eigenvalue weighted by atomic mass is 15.1. The maximum Gasteiger partial charge on any atom is 0.00793 e. The van der Waals surface area contributed by atoms with E-state index in [9.17, 15) is 0 Å². The first-order chi connectivity index (χ1) is 7.29. The lowest BCUT2D eigenvalue weighted by Gasteiger charge is -2.35. The topological polar surface area (TPSA) is 15.3 Å². The molecule has 1 saturated carbocycles. The van der Waals surface area contributed by atoms with Crippen molar-refractivity contribution in [1.29, 1.82) is 0 Å². The summed E-state index contributed by atoms with van der Waals surface area (Å²) < 4.78 is 0. The molecule has 2 nitrogen and oxygen atoms in total. The molecule has 1 N–H and O–H groups in total. The van der Waals surface area contributed by atoms with Gasteiger partial charge >= 0.3 is 0 Å². The molecule has 2 unspecified atom stereocenters. The van der Waals surface area contributed by atoms with Crippen LogP contribution >= 0.6 is 0 Å². The van der Waals surface area contributed by atoms with Crippen molar-refractivity contribution >= 4 is 0 Å². The van der Waals surface area contributed by atoms with Gasteiger partial charge in [0.1, 0.15) is 0 Å². The normalized spacial score (nSPS) is 30.4. The molecule has 1 aliphatic heterocycles. The third-order valence-electron chi connectivity index (χ3n) is 4.12. The van der Waals surface area contributed by atoms with Gasteiger partial charge < -0.3 is 10.2 Å². The second-order valence-corrected chi connectivity index (χ2v) is 5.44. The highest BCUT2D eigenvalue weighted by Gasteiger charge is 2.26. The van der Waals surface area contributed by atoms with Gasteiger partial charge in [0.25, 0.3) is 0 Å². The molecule has 2 rings (SSSR count). The molecule has 0 aromatic rings. The second kappa shape index (κ2) is 5.31. The van der Waals surface area contributed by atoms with E-state index in [1.807, 2.05) is 0 Å². The average Bonchev–Trinajstić information content (AvgIpc) is 3.10. The summed E-state index contributed by atoms with van der Waals surface area (Å²) >= 11 is 0. The van der Waals surface area contributed by atoms with Crippen LogP contribution in [0.15, 0.2) is 0 Å². The first kappa shape index (κ1) is 11.4. The molecule has 0 aromatic heterocycles. The molecule has 0 radical (unpaired) electrons. The van der Waals surface area contributed by atoms with Crippen molar-refractivity contribution in [2.45, 2.75) is 45.6 Å². The lowest BCUT2D eigenvalue weighted by Crippen LogP contribution is -2.44. The van der Waals surface area contributed by atoms with Crippen LogP contribution in [0.3, 0.4) is 0 Å². The van der Waals surface area contributed by atoms with Gasteiger partial charge in [-0.25, -0.2) is 0 Å². The van der Waals surface area contributed by atoms with E-state index in [0.29, 0.717) is 0 Å². The molecular weight excluding hydrogens is 184 g/mol. The van der Waals surface area contributed by atoms with Crippen molar-refractivity contribution in [2.75, 3.05) is 26.2 Å². The SMILES string of the molecule is CCN1CCCC(C(C)NCC2CC2)C1. The summed E-state index contributed by atoms with van der Waals surface area (Å²) in [6.07, 6.45) is 5.75. The standard InChI is InChI=1S/C13H26N2/c1-3-15-8-4-5-13(10-15)11(2)14-9-12-6-7-12/h11-14H,3-10H2,1-2H3. The molecule has 0 amide bonds. The van der Waals surface area contributed by atoms with Crippen molar-refractivity contribution in [3.05, 3.63) is 0 Å². The summed E-state index contributed by atoms with van der Waals surface area (Å²) in [6, 6.07) is 0.722. The van der Waals surface area contributed by atoms with Crippen molar-refractivity contribution in [2.24, 2.45) is 11.8 Å². The zero-order chi connectivity index (χ0) is 10.7. The summed E-state index contributed by atoms with van der Waals surface area (Å²) in [6.45, 7) is 9.80. The summed E-state index contributed by atoms with van der Waals surface area (Å²) in [5.41, 5.74) is 0. The number of piperidine rings is 1. The third-order valence-corrected chi connectivity index (χ3v) is 4.12. The minimum Gasteiger partial charge on any atom is -0.314 e. The predicted molar refractivity (Wildman–Crippen MR) is 65.0 cm³/mol. The molecule has 88 valence electrons. The first-order valence-corrected chi connectivity index (χ1v) is 6.75. The van der Waals surface area contributed by atoms with Crippen LogP contribution in [-0.4, -0.2) is 37.1 Å². The Morgan fingerprint density at radius 3 is 2.80 bits per heavy atom. The lowest BCUT2D eigenvalue weighted by atomic mass is 9.91. The Kier molecular flexibility index (Phi) is 4.04. The van der Waals surface area contributed by atoms with Crippen molar-refractivity contribution in [1.82, 2.24) is 10.2 Å². The van der Waals surface area contributed by atoms with Crippen molar-refractivity contribution in [3.8, 4) is 0 Å². The van der Waals surface area contributed by atoms with Crippen LogP contribution in [0.4, 0.5) is 0 Å². The molecule has 2 fully saturated rings. The Labute approximate surface area is 94.4 Å². The van der Waals surface area contributed by atoms with Crippen LogP contribution in [0.2, 0.25) is 0 Å². The quantitative estimate of drug-likeness (QED) is 0.747. The van der Waals surface area contributed by atoms with Gasteiger partial charge in [-0.05, 0) is 64.1 Å². The van der Waals surface area contributed by atoms with Gasteiger partial charge in [0.05, 0.1) is 0 Å². The molecule has 15 heavy (non-hydrogen) atoms. The molecule has 0 spiro atoms. The summed E-state index contributed by atoms with van der Waals surface area (Å²) in [4.78, 5) is 2.60. The summed E-state index contributed by atoms with van der Waals surface area (Å²) in [5, 5.41) is 3.73. The number of nitrogens with zero attached hydrogens (tertiary/aromatic N) is 1. The van der Waals surface area contributed by atoms with Crippen LogP contribution in [0.5, 0.6) is 0 Å². The smallest absolute Gasteiger partial charge is 0.00793 e. The Balaban J connectivity index is 1.70. The summed E-state index contributed by atoms with van der Waals surface area (Å²) in [7, 11) is 0. The van der Waals surface area contributed by atoms with E-state index in [2.05, 4.69) is 24.1 Å². The number of likely N-dealkylation sites (tertiary alicyclic amines) is 1. The number of nitrogens with one attached hydrogen (secondary N) is 1. The largest absolute Gasteiger partial charge is 0.314 e.